The van der Waals surface area contributed by atoms with Crippen molar-refractivity contribution in [2.45, 2.75) is 23.8 Å². The Morgan fingerprint density at radius 2 is 1.91 bits per heavy atom. The first kappa shape index (κ1) is 20.2. The van der Waals surface area contributed by atoms with Crippen LogP contribution in [0, 0.1) is 5.82 Å². The number of rotatable bonds is 4. The summed E-state index contributed by atoms with van der Waals surface area (Å²) < 4.78 is 41.5. The van der Waals surface area contributed by atoms with Crippen LogP contribution in [0.15, 0.2) is 59.6 Å². The summed E-state index contributed by atoms with van der Waals surface area (Å²) in [7, 11) is -3.87. The first-order chi connectivity index (χ1) is 15.4. The largest absolute Gasteiger partial charge is 0.368 e. The summed E-state index contributed by atoms with van der Waals surface area (Å²) in [5, 5.41) is 10.9. The molecule has 1 aliphatic rings. The van der Waals surface area contributed by atoms with Crippen LogP contribution in [0.5, 0.6) is 0 Å². The molecule has 32 heavy (non-hydrogen) atoms. The average Bonchev–Trinajstić information content (AvgIpc) is 3.15. The lowest BCUT2D eigenvalue weighted by Crippen LogP contribution is -2.33. The van der Waals surface area contributed by atoms with Crippen LogP contribution in [0.4, 0.5) is 21.8 Å². The zero-order valence-electron chi connectivity index (χ0n) is 16.9. The van der Waals surface area contributed by atoms with E-state index in [2.05, 4.69) is 25.5 Å². The van der Waals surface area contributed by atoms with Gasteiger partial charge in [-0.15, -0.1) is 0 Å². The molecule has 3 heterocycles. The van der Waals surface area contributed by atoms with Gasteiger partial charge in [0.25, 0.3) is 10.0 Å². The Kier molecular flexibility index (Phi) is 4.89. The van der Waals surface area contributed by atoms with Crippen molar-refractivity contribution in [1.29, 1.82) is 0 Å². The fourth-order valence-corrected chi connectivity index (χ4v) is 5.47. The van der Waals surface area contributed by atoms with Crippen LogP contribution in [0.2, 0.25) is 0 Å². The molecular formula is C21H20FN7O2S. The molecule has 0 bridgehead atoms. The van der Waals surface area contributed by atoms with Crippen LogP contribution in [0.3, 0.4) is 0 Å². The van der Waals surface area contributed by atoms with Crippen LogP contribution >= 0.6 is 0 Å². The van der Waals surface area contributed by atoms with E-state index in [1.165, 1.54) is 16.4 Å². The highest BCUT2D eigenvalue weighted by Gasteiger charge is 2.31. The molecule has 1 unspecified atom stereocenters. The summed E-state index contributed by atoms with van der Waals surface area (Å²) in [6.45, 7) is 0.240. The van der Waals surface area contributed by atoms with Crippen molar-refractivity contribution in [3.8, 4) is 0 Å². The van der Waals surface area contributed by atoms with Gasteiger partial charge in [0.05, 0.1) is 22.2 Å². The number of nitrogen functional groups attached to an aromatic ring is 1. The number of nitrogens with zero attached hydrogens (tertiary/aromatic N) is 4. The molecule has 0 saturated carbocycles. The van der Waals surface area contributed by atoms with Gasteiger partial charge in [0.2, 0.25) is 5.95 Å². The molecule has 0 saturated heterocycles. The van der Waals surface area contributed by atoms with E-state index in [4.69, 9.17) is 5.73 Å². The number of anilines is 3. The number of fused-ring (bicyclic) bond motifs is 2. The predicted octanol–water partition coefficient (Wildman–Crippen LogP) is 2.70. The fourth-order valence-electron chi connectivity index (χ4n) is 3.95. The number of halogens is 1. The average molecular weight is 454 g/mol. The molecule has 0 radical (unpaired) electrons. The third-order valence-corrected chi connectivity index (χ3v) is 7.30. The maximum Gasteiger partial charge on any atom is 0.264 e. The molecule has 0 aliphatic carbocycles. The van der Waals surface area contributed by atoms with Crippen LogP contribution in [-0.2, 0) is 16.4 Å². The number of para-hydroxylation sites is 1. The summed E-state index contributed by atoms with van der Waals surface area (Å²) in [4.78, 5) is 8.47. The highest BCUT2D eigenvalue weighted by atomic mass is 32.2. The number of nitrogens with two attached hydrogens (primary N) is 1. The van der Waals surface area contributed by atoms with Gasteiger partial charge in [-0.3, -0.25) is 9.40 Å². The van der Waals surface area contributed by atoms with Gasteiger partial charge in [-0.05, 0) is 48.7 Å². The lowest BCUT2D eigenvalue weighted by atomic mass is 10.0. The van der Waals surface area contributed by atoms with Crippen molar-refractivity contribution < 1.29 is 12.8 Å². The summed E-state index contributed by atoms with van der Waals surface area (Å²) in [6, 6.07) is 12.1. The van der Waals surface area contributed by atoms with Crippen molar-refractivity contribution >= 4 is 38.5 Å². The van der Waals surface area contributed by atoms with E-state index < -0.39 is 15.8 Å². The van der Waals surface area contributed by atoms with E-state index in [-0.39, 0.29) is 23.4 Å². The van der Waals surface area contributed by atoms with Crippen molar-refractivity contribution in [3.63, 3.8) is 0 Å². The fraction of sp³-hybridized carbons (Fsp3) is 0.190. The molecule has 164 valence electrons. The smallest absolute Gasteiger partial charge is 0.264 e. The highest BCUT2D eigenvalue weighted by molar-refractivity contribution is 7.92. The van der Waals surface area contributed by atoms with Gasteiger partial charge in [-0.25, -0.2) is 12.8 Å². The van der Waals surface area contributed by atoms with Crippen molar-refractivity contribution in [3.05, 3.63) is 66.1 Å². The summed E-state index contributed by atoms with van der Waals surface area (Å²) in [5.41, 5.74) is 7.83. The Morgan fingerprint density at radius 1 is 1.12 bits per heavy atom. The second kappa shape index (κ2) is 7.75. The first-order valence-corrected chi connectivity index (χ1v) is 11.4. The Hall–Kier alpha value is -3.73. The molecular weight excluding hydrogens is 433 g/mol. The maximum absolute atomic E-state index is 13.4. The molecule has 11 heteroatoms. The number of hydrogen-bond acceptors (Lipinski definition) is 7. The van der Waals surface area contributed by atoms with Crippen LogP contribution in [0.25, 0.3) is 11.0 Å². The van der Waals surface area contributed by atoms with E-state index in [1.54, 1.807) is 18.3 Å². The number of sulfonamides is 1. The van der Waals surface area contributed by atoms with E-state index >= 15 is 0 Å². The van der Waals surface area contributed by atoms with Crippen LogP contribution in [-0.4, -0.2) is 41.2 Å². The van der Waals surface area contributed by atoms with E-state index in [1.807, 2.05) is 12.1 Å². The van der Waals surface area contributed by atoms with Gasteiger partial charge in [0, 0.05) is 12.6 Å². The quantitative estimate of drug-likeness (QED) is 0.433. The second-order valence-electron chi connectivity index (χ2n) is 7.56. The number of benzene rings is 2. The lowest BCUT2D eigenvalue weighted by Gasteiger charge is -2.24. The van der Waals surface area contributed by atoms with E-state index in [9.17, 15) is 12.8 Å². The predicted molar refractivity (Wildman–Crippen MR) is 119 cm³/mol. The lowest BCUT2D eigenvalue weighted by molar-refractivity contribution is 0.586. The molecule has 5 rings (SSSR count). The van der Waals surface area contributed by atoms with Crippen molar-refractivity contribution in [2.75, 3.05) is 21.9 Å². The number of H-pyrrole nitrogens is 1. The summed E-state index contributed by atoms with van der Waals surface area (Å²) in [6.07, 6.45) is 2.71. The minimum atomic E-state index is -3.87. The number of hydrogen-bond donors (Lipinski definition) is 3. The Bertz CT molecular complexity index is 1390. The molecule has 2 aromatic heterocycles. The Morgan fingerprint density at radius 3 is 2.72 bits per heavy atom. The monoisotopic (exact) mass is 453 g/mol. The summed E-state index contributed by atoms with van der Waals surface area (Å²) >= 11 is 0. The van der Waals surface area contributed by atoms with Gasteiger partial charge < -0.3 is 11.1 Å². The van der Waals surface area contributed by atoms with Crippen molar-refractivity contribution in [1.82, 2.24) is 20.2 Å². The number of aromatic nitrogens is 4. The zero-order chi connectivity index (χ0) is 22.3. The third-order valence-electron chi connectivity index (χ3n) is 5.48. The van der Waals surface area contributed by atoms with E-state index in [0.29, 0.717) is 35.4 Å². The molecule has 1 atom stereocenters. The first-order valence-electron chi connectivity index (χ1n) is 10.0. The highest BCUT2D eigenvalue weighted by Crippen LogP contribution is 2.32. The normalized spacial score (nSPS) is 16.5. The van der Waals surface area contributed by atoms with Gasteiger partial charge in [-0.2, -0.15) is 15.1 Å². The van der Waals surface area contributed by atoms with E-state index in [0.717, 1.165) is 17.7 Å². The second-order valence-corrected chi connectivity index (χ2v) is 9.42. The minimum absolute atomic E-state index is 0.0452. The van der Waals surface area contributed by atoms with Crippen LogP contribution < -0.4 is 15.4 Å². The molecule has 4 aromatic rings. The standard InChI is InChI=1S/C21H20FN7O2S/c22-14-5-7-16(8-6-14)32(30,31)29-10-9-15(11-13-3-1-2-4-18(13)29)25-19-17-12-24-28-20(17)27-21(23)26-19/h1-8,12,15H,9-11H2,(H4,23,24,25,26,27,28). The topological polar surface area (TPSA) is 130 Å². The van der Waals surface area contributed by atoms with Gasteiger partial charge in [0.1, 0.15) is 11.6 Å². The molecule has 4 N–H and O–H groups in total. The molecule has 0 fully saturated rings. The Balaban J connectivity index is 1.49. The molecule has 2 aromatic carbocycles. The Labute approximate surface area is 183 Å². The third kappa shape index (κ3) is 3.60. The minimum Gasteiger partial charge on any atom is -0.368 e. The zero-order valence-corrected chi connectivity index (χ0v) is 17.7. The van der Waals surface area contributed by atoms with Crippen LogP contribution in [0.1, 0.15) is 12.0 Å². The van der Waals surface area contributed by atoms with Gasteiger partial charge >= 0.3 is 0 Å². The molecule has 0 spiro atoms. The van der Waals surface area contributed by atoms with Gasteiger partial charge in [0.15, 0.2) is 5.65 Å². The molecule has 0 amide bonds. The SMILES string of the molecule is Nc1nc(NC2CCN(S(=O)(=O)c3ccc(F)cc3)c3ccccc3C2)c2cn[nH]c2n1. The molecule has 9 nitrogen and oxygen atoms in total. The number of nitrogens with one attached hydrogen (secondary N) is 2. The van der Waals surface area contributed by atoms with Crippen molar-refractivity contribution in [2.24, 2.45) is 0 Å². The summed E-state index contributed by atoms with van der Waals surface area (Å²) in [5.74, 6) is 0.163. The molecule has 1 aliphatic heterocycles. The van der Waals surface area contributed by atoms with Gasteiger partial charge in [-0.1, -0.05) is 18.2 Å². The maximum atomic E-state index is 13.4. The number of aromatic amines is 1.